The van der Waals surface area contributed by atoms with Crippen molar-refractivity contribution in [2.24, 2.45) is 0 Å². The van der Waals surface area contributed by atoms with Gasteiger partial charge in [-0.1, -0.05) is 66.7 Å². The Bertz CT molecular complexity index is 1700. The molecule has 33 heavy (non-hydrogen) atoms. The SMILES string of the molecule is Cc1c2c(c3ccccc3c1O)C1(OC(=O)c3ccccc31)c1c-2cc2ccccc2c1O. The predicted octanol–water partition coefficient (Wildman–Crippen LogP) is 6.16. The number of esters is 1. The molecule has 158 valence electrons. The molecular weight excluding hydrogens is 412 g/mol. The van der Waals surface area contributed by atoms with Crippen molar-refractivity contribution in [2.75, 3.05) is 0 Å². The summed E-state index contributed by atoms with van der Waals surface area (Å²) in [5, 5.41) is 25.8. The molecular formula is C29H18O4. The molecule has 7 rings (SSSR count). The highest BCUT2D eigenvalue weighted by atomic mass is 16.6. The van der Waals surface area contributed by atoms with Crippen molar-refractivity contribution < 1.29 is 19.7 Å². The molecule has 0 saturated carbocycles. The summed E-state index contributed by atoms with van der Waals surface area (Å²) in [4.78, 5) is 13.2. The third-order valence-corrected chi connectivity index (χ3v) is 7.20. The largest absolute Gasteiger partial charge is 0.507 e. The van der Waals surface area contributed by atoms with Crippen molar-refractivity contribution in [3.63, 3.8) is 0 Å². The number of hydrogen-bond acceptors (Lipinski definition) is 4. The van der Waals surface area contributed by atoms with Gasteiger partial charge in [-0.05, 0) is 46.5 Å². The molecule has 1 unspecified atom stereocenters. The lowest BCUT2D eigenvalue weighted by Crippen LogP contribution is -2.27. The molecule has 4 heteroatoms. The predicted molar refractivity (Wildman–Crippen MR) is 127 cm³/mol. The van der Waals surface area contributed by atoms with Gasteiger partial charge in [-0.3, -0.25) is 0 Å². The van der Waals surface area contributed by atoms with Crippen molar-refractivity contribution in [3.05, 3.63) is 107 Å². The van der Waals surface area contributed by atoms with Crippen LogP contribution in [0.4, 0.5) is 0 Å². The number of aromatic hydroxyl groups is 2. The lowest BCUT2D eigenvalue weighted by atomic mass is 9.80. The number of hydrogen-bond donors (Lipinski definition) is 2. The molecule has 2 N–H and O–H groups in total. The Morgan fingerprint density at radius 3 is 2.21 bits per heavy atom. The number of ether oxygens (including phenoxy) is 1. The van der Waals surface area contributed by atoms with Crippen LogP contribution in [0.5, 0.6) is 11.5 Å². The van der Waals surface area contributed by atoms with E-state index in [1.54, 1.807) is 6.07 Å². The zero-order valence-corrected chi connectivity index (χ0v) is 17.7. The number of phenols is 2. The standard InChI is InChI=1S/C29H18O4/c1-15-23-21-14-16-8-2-3-9-17(16)27(31)25(21)29(22-13-7-6-12-20(22)28(32)33-29)24(23)18-10-4-5-11-19(18)26(15)30/h2-14,30-31H,1H3. The molecule has 1 aliphatic heterocycles. The van der Waals surface area contributed by atoms with Crippen molar-refractivity contribution >= 4 is 27.5 Å². The monoisotopic (exact) mass is 430 g/mol. The summed E-state index contributed by atoms with van der Waals surface area (Å²) in [6, 6.07) is 24.6. The number of carbonyl (C=O) groups excluding carboxylic acids is 1. The number of fused-ring (bicyclic) bond motifs is 10. The molecule has 5 aromatic carbocycles. The van der Waals surface area contributed by atoms with E-state index in [0.717, 1.165) is 27.5 Å². The summed E-state index contributed by atoms with van der Waals surface area (Å²) in [6.07, 6.45) is 0. The van der Waals surface area contributed by atoms with E-state index in [9.17, 15) is 15.0 Å². The van der Waals surface area contributed by atoms with Crippen LogP contribution in [-0.4, -0.2) is 16.2 Å². The van der Waals surface area contributed by atoms with Gasteiger partial charge in [-0.2, -0.15) is 0 Å². The molecule has 1 spiro atoms. The van der Waals surface area contributed by atoms with Crippen molar-refractivity contribution in [3.8, 4) is 22.6 Å². The fraction of sp³-hybridized carbons (Fsp3) is 0.0690. The summed E-state index contributed by atoms with van der Waals surface area (Å²) >= 11 is 0. The van der Waals surface area contributed by atoms with Crippen LogP contribution in [0, 0.1) is 6.92 Å². The Morgan fingerprint density at radius 1 is 0.727 bits per heavy atom. The second-order valence-corrected chi connectivity index (χ2v) is 8.75. The van der Waals surface area contributed by atoms with Gasteiger partial charge in [0.25, 0.3) is 0 Å². The average Bonchev–Trinajstić information content (AvgIpc) is 3.30. The van der Waals surface area contributed by atoms with E-state index in [1.807, 2.05) is 79.7 Å². The van der Waals surface area contributed by atoms with Crippen LogP contribution in [0.1, 0.15) is 32.6 Å². The molecule has 0 saturated heterocycles. The fourth-order valence-electron chi connectivity index (χ4n) is 5.85. The van der Waals surface area contributed by atoms with Gasteiger partial charge in [0.1, 0.15) is 11.5 Å². The van der Waals surface area contributed by atoms with Gasteiger partial charge >= 0.3 is 5.97 Å². The molecule has 1 heterocycles. The van der Waals surface area contributed by atoms with E-state index in [-0.39, 0.29) is 11.5 Å². The molecule has 0 amide bonds. The van der Waals surface area contributed by atoms with Gasteiger partial charge in [-0.25, -0.2) is 4.79 Å². The van der Waals surface area contributed by atoms with Crippen LogP contribution >= 0.6 is 0 Å². The van der Waals surface area contributed by atoms with Gasteiger partial charge in [0.15, 0.2) is 5.60 Å². The zero-order valence-electron chi connectivity index (χ0n) is 17.7. The van der Waals surface area contributed by atoms with Crippen LogP contribution in [0.25, 0.3) is 32.7 Å². The fourth-order valence-corrected chi connectivity index (χ4v) is 5.85. The lowest BCUT2D eigenvalue weighted by Gasteiger charge is -2.29. The Labute approximate surface area is 189 Å². The molecule has 0 fully saturated rings. The minimum absolute atomic E-state index is 0.0896. The normalized spacial score (nSPS) is 17.9. The van der Waals surface area contributed by atoms with Crippen LogP contribution in [0.3, 0.4) is 0 Å². The zero-order chi connectivity index (χ0) is 22.5. The van der Waals surface area contributed by atoms with Crippen LogP contribution in [-0.2, 0) is 10.3 Å². The first-order valence-electron chi connectivity index (χ1n) is 10.9. The summed E-state index contributed by atoms with van der Waals surface area (Å²) in [7, 11) is 0. The van der Waals surface area contributed by atoms with Gasteiger partial charge in [0.2, 0.25) is 0 Å². The summed E-state index contributed by atoms with van der Waals surface area (Å²) < 4.78 is 6.29. The van der Waals surface area contributed by atoms with E-state index >= 15 is 0 Å². The van der Waals surface area contributed by atoms with E-state index in [0.29, 0.717) is 33.0 Å². The van der Waals surface area contributed by atoms with E-state index in [4.69, 9.17) is 4.74 Å². The quantitative estimate of drug-likeness (QED) is 0.289. The topological polar surface area (TPSA) is 66.8 Å². The second-order valence-electron chi connectivity index (χ2n) is 8.75. The Kier molecular flexibility index (Phi) is 3.28. The maximum atomic E-state index is 13.2. The first-order chi connectivity index (χ1) is 16.0. The smallest absolute Gasteiger partial charge is 0.340 e. The number of phenolic OH excluding ortho intramolecular Hbond substituents is 2. The van der Waals surface area contributed by atoms with Gasteiger partial charge in [0.05, 0.1) is 11.1 Å². The highest BCUT2D eigenvalue weighted by Crippen LogP contribution is 2.63. The first kappa shape index (κ1) is 18.3. The maximum absolute atomic E-state index is 13.2. The van der Waals surface area contributed by atoms with Crippen LogP contribution in [0.2, 0.25) is 0 Å². The Morgan fingerprint density at radius 2 is 1.39 bits per heavy atom. The maximum Gasteiger partial charge on any atom is 0.340 e. The molecule has 1 aliphatic carbocycles. The molecule has 2 aliphatic rings. The minimum atomic E-state index is -1.30. The van der Waals surface area contributed by atoms with E-state index in [1.165, 1.54) is 0 Å². The molecule has 4 nitrogen and oxygen atoms in total. The molecule has 0 radical (unpaired) electrons. The third kappa shape index (κ3) is 2.00. The summed E-state index contributed by atoms with van der Waals surface area (Å²) in [5.41, 5.74) is 3.48. The molecule has 5 aromatic rings. The number of benzene rings is 5. The van der Waals surface area contributed by atoms with Crippen molar-refractivity contribution in [1.82, 2.24) is 0 Å². The summed E-state index contributed by atoms with van der Waals surface area (Å²) in [5.74, 6) is -0.142. The van der Waals surface area contributed by atoms with Crippen LogP contribution in [0.15, 0.2) is 78.9 Å². The van der Waals surface area contributed by atoms with Crippen LogP contribution < -0.4 is 0 Å². The molecule has 0 bridgehead atoms. The van der Waals surface area contributed by atoms with E-state index in [2.05, 4.69) is 0 Å². The van der Waals surface area contributed by atoms with Gasteiger partial charge in [-0.15, -0.1) is 0 Å². The minimum Gasteiger partial charge on any atom is -0.507 e. The second kappa shape index (κ2) is 5.93. The van der Waals surface area contributed by atoms with Gasteiger partial charge < -0.3 is 14.9 Å². The molecule has 1 atom stereocenters. The third-order valence-electron chi connectivity index (χ3n) is 7.20. The Balaban J connectivity index is 1.79. The first-order valence-corrected chi connectivity index (χ1v) is 10.9. The highest BCUT2D eigenvalue weighted by Gasteiger charge is 2.57. The van der Waals surface area contributed by atoms with Crippen molar-refractivity contribution in [1.29, 1.82) is 0 Å². The van der Waals surface area contributed by atoms with Crippen molar-refractivity contribution in [2.45, 2.75) is 12.5 Å². The summed E-state index contributed by atoms with van der Waals surface area (Å²) in [6.45, 7) is 1.87. The number of rotatable bonds is 0. The number of carbonyl (C=O) groups is 1. The lowest BCUT2D eigenvalue weighted by molar-refractivity contribution is 0.0263. The van der Waals surface area contributed by atoms with E-state index < -0.39 is 11.6 Å². The van der Waals surface area contributed by atoms with Gasteiger partial charge in [0, 0.05) is 21.9 Å². The molecule has 0 aromatic heterocycles. The average molecular weight is 430 g/mol. The highest BCUT2D eigenvalue weighted by molar-refractivity contribution is 6.10. The Hall–Kier alpha value is -4.31.